The largest absolute Gasteiger partial charge is 0.352 e. The number of rotatable bonds is 5. The van der Waals surface area contributed by atoms with Crippen LogP contribution in [0.5, 0.6) is 0 Å². The van der Waals surface area contributed by atoms with Crippen molar-refractivity contribution in [1.82, 2.24) is 15.2 Å². The third kappa shape index (κ3) is 4.94. The highest BCUT2D eigenvalue weighted by Gasteiger charge is 2.25. The number of pyridine rings is 1. The van der Waals surface area contributed by atoms with E-state index in [-0.39, 0.29) is 23.8 Å². The minimum absolute atomic E-state index is 0.000546. The molecule has 0 saturated carbocycles. The molecule has 0 aliphatic carbocycles. The molecule has 2 heterocycles. The fourth-order valence-electron chi connectivity index (χ4n) is 3.22. The Morgan fingerprint density at radius 1 is 1.18 bits per heavy atom. The molecule has 1 aliphatic rings. The molecule has 146 valence electrons. The molecule has 7 heteroatoms. The Labute approximate surface area is 164 Å². The zero-order valence-corrected chi connectivity index (χ0v) is 15.9. The minimum Gasteiger partial charge on any atom is -0.352 e. The molecular weight excluding hydrogens is 356 g/mol. The third-order valence-corrected chi connectivity index (χ3v) is 4.69. The van der Waals surface area contributed by atoms with Crippen LogP contribution < -0.4 is 10.6 Å². The van der Waals surface area contributed by atoms with Crippen molar-refractivity contribution in [2.24, 2.45) is 0 Å². The van der Waals surface area contributed by atoms with Crippen molar-refractivity contribution in [3.05, 3.63) is 59.9 Å². The first kappa shape index (κ1) is 19.5. The highest BCUT2D eigenvalue weighted by molar-refractivity contribution is 6.05. The normalized spacial score (nSPS) is 16.3. The number of likely N-dealkylation sites (tertiary alicyclic amines) is 1. The van der Waals surface area contributed by atoms with Gasteiger partial charge in [-0.2, -0.15) is 0 Å². The van der Waals surface area contributed by atoms with E-state index in [4.69, 9.17) is 0 Å². The number of anilines is 1. The van der Waals surface area contributed by atoms with Gasteiger partial charge in [0.15, 0.2) is 0 Å². The second-order valence-corrected chi connectivity index (χ2v) is 6.79. The summed E-state index contributed by atoms with van der Waals surface area (Å²) in [5.41, 5.74) is 1.50. The Hall–Kier alpha value is -3.22. The molecule has 2 aromatic rings. The molecule has 3 rings (SSSR count). The van der Waals surface area contributed by atoms with Gasteiger partial charge in [-0.05, 0) is 43.2 Å². The van der Waals surface area contributed by atoms with Crippen molar-refractivity contribution in [1.29, 1.82) is 0 Å². The van der Waals surface area contributed by atoms with Gasteiger partial charge in [0, 0.05) is 49.2 Å². The maximum atomic E-state index is 12.9. The number of aromatic nitrogens is 1. The Morgan fingerprint density at radius 2 is 2.00 bits per heavy atom. The SMILES string of the molecule is CCC(=O)N[C@H]1CCCN(C(=O)c2cccc(NC(=O)c3cccnc3)c2)C1. The van der Waals surface area contributed by atoms with Crippen LogP contribution >= 0.6 is 0 Å². The van der Waals surface area contributed by atoms with Crippen molar-refractivity contribution in [3.8, 4) is 0 Å². The van der Waals surface area contributed by atoms with E-state index in [0.717, 1.165) is 12.8 Å². The number of carbonyl (C=O) groups excluding carboxylic acids is 3. The van der Waals surface area contributed by atoms with Crippen LogP contribution in [0.1, 0.15) is 46.9 Å². The predicted molar refractivity (Wildman–Crippen MR) is 106 cm³/mol. The second kappa shape index (κ2) is 9.12. The number of benzene rings is 1. The minimum atomic E-state index is -0.280. The van der Waals surface area contributed by atoms with Gasteiger partial charge in [-0.1, -0.05) is 13.0 Å². The fraction of sp³-hybridized carbons (Fsp3) is 0.333. The van der Waals surface area contributed by atoms with Crippen molar-refractivity contribution < 1.29 is 14.4 Å². The summed E-state index contributed by atoms with van der Waals surface area (Å²) in [5.74, 6) is -0.384. The lowest BCUT2D eigenvalue weighted by Crippen LogP contribution is -2.49. The number of amides is 3. The van der Waals surface area contributed by atoms with E-state index < -0.39 is 0 Å². The number of hydrogen-bond donors (Lipinski definition) is 2. The van der Waals surface area contributed by atoms with E-state index in [1.54, 1.807) is 47.5 Å². The molecule has 2 N–H and O–H groups in total. The molecule has 1 fully saturated rings. The molecule has 1 atom stereocenters. The van der Waals surface area contributed by atoms with Gasteiger partial charge in [0.25, 0.3) is 11.8 Å². The van der Waals surface area contributed by atoms with Crippen molar-refractivity contribution >= 4 is 23.4 Å². The fourth-order valence-corrected chi connectivity index (χ4v) is 3.22. The summed E-state index contributed by atoms with van der Waals surface area (Å²) in [5, 5.41) is 5.76. The van der Waals surface area contributed by atoms with Crippen LogP contribution in [0.15, 0.2) is 48.8 Å². The molecule has 1 aliphatic heterocycles. The predicted octanol–water partition coefficient (Wildman–Crippen LogP) is 2.46. The summed E-state index contributed by atoms with van der Waals surface area (Å²) in [6.07, 6.45) is 5.24. The molecule has 0 spiro atoms. The molecular formula is C21H24N4O3. The Balaban J connectivity index is 1.66. The van der Waals surface area contributed by atoms with Crippen molar-refractivity contribution in [2.45, 2.75) is 32.2 Å². The first-order valence-electron chi connectivity index (χ1n) is 9.47. The van der Waals surface area contributed by atoms with Crippen LogP contribution in [0.4, 0.5) is 5.69 Å². The van der Waals surface area contributed by atoms with Crippen molar-refractivity contribution in [2.75, 3.05) is 18.4 Å². The first-order chi connectivity index (χ1) is 13.6. The average molecular weight is 380 g/mol. The van der Waals surface area contributed by atoms with Gasteiger partial charge in [0.1, 0.15) is 0 Å². The van der Waals surface area contributed by atoms with E-state index in [2.05, 4.69) is 15.6 Å². The summed E-state index contributed by atoms with van der Waals surface area (Å²) >= 11 is 0. The molecule has 0 unspecified atom stereocenters. The maximum Gasteiger partial charge on any atom is 0.257 e. The van der Waals surface area contributed by atoms with Gasteiger partial charge in [-0.15, -0.1) is 0 Å². The van der Waals surface area contributed by atoms with E-state index in [1.165, 1.54) is 6.20 Å². The zero-order chi connectivity index (χ0) is 19.9. The monoisotopic (exact) mass is 380 g/mol. The Kier molecular flexibility index (Phi) is 6.37. The zero-order valence-electron chi connectivity index (χ0n) is 15.9. The number of piperidine rings is 1. The molecule has 1 aromatic carbocycles. The van der Waals surface area contributed by atoms with Crippen LogP contribution in [0.3, 0.4) is 0 Å². The Bertz CT molecular complexity index is 854. The number of nitrogens with zero attached hydrogens (tertiary/aromatic N) is 2. The van der Waals surface area contributed by atoms with Gasteiger partial charge in [-0.3, -0.25) is 19.4 Å². The number of carbonyl (C=O) groups is 3. The average Bonchev–Trinajstić information content (AvgIpc) is 2.74. The van der Waals surface area contributed by atoms with E-state index in [1.807, 2.05) is 6.92 Å². The molecule has 0 bridgehead atoms. The molecule has 1 aromatic heterocycles. The topological polar surface area (TPSA) is 91.4 Å². The molecule has 28 heavy (non-hydrogen) atoms. The van der Waals surface area contributed by atoms with Crippen molar-refractivity contribution in [3.63, 3.8) is 0 Å². The second-order valence-electron chi connectivity index (χ2n) is 6.79. The number of hydrogen-bond acceptors (Lipinski definition) is 4. The highest BCUT2D eigenvalue weighted by Crippen LogP contribution is 2.17. The third-order valence-electron chi connectivity index (χ3n) is 4.69. The lowest BCUT2D eigenvalue weighted by Gasteiger charge is -2.33. The van der Waals surface area contributed by atoms with Gasteiger partial charge >= 0.3 is 0 Å². The molecule has 0 radical (unpaired) electrons. The smallest absolute Gasteiger partial charge is 0.257 e. The maximum absolute atomic E-state index is 12.9. The first-order valence-corrected chi connectivity index (χ1v) is 9.47. The van der Waals surface area contributed by atoms with E-state index in [9.17, 15) is 14.4 Å². The van der Waals surface area contributed by atoms with Gasteiger partial charge < -0.3 is 15.5 Å². The van der Waals surface area contributed by atoms with Crippen LogP contribution in [0, 0.1) is 0 Å². The quantitative estimate of drug-likeness (QED) is 0.834. The highest BCUT2D eigenvalue weighted by atomic mass is 16.2. The summed E-state index contributed by atoms with van der Waals surface area (Å²) in [6.45, 7) is 2.97. The lowest BCUT2D eigenvalue weighted by atomic mass is 10.0. The standard InChI is InChI=1S/C21H24N4O3/c1-2-19(26)23-18-9-5-11-25(14-18)21(28)15-6-3-8-17(12-15)24-20(27)16-7-4-10-22-13-16/h3-4,6-8,10,12-13,18H,2,5,9,11,14H2,1H3,(H,23,26)(H,24,27)/t18-/m0/s1. The Morgan fingerprint density at radius 3 is 2.75 bits per heavy atom. The van der Waals surface area contributed by atoms with Crippen LogP contribution in [-0.2, 0) is 4.79 Å². The van der Waals surface area contributed by atoms with Gasteiger partial charge in [0.05, 0.1) is 5.56 Å². The van der Waals surface area contributed by atoms with E-state index >= 15 is 0 Å². The van der Waals surface area contributed by atoms with Gasteiger partial charge in [0.2, 0.25) is 5.91 Å². The molecule has 3 amide bonds. The number of nitrogens with one attached hydrogen (secondary N) is 2. The summed E-state index contributed by atoms with van der Waals surface area (Å²) in [4.78, 5) is 42.5. The van der Waals surface area contributed by atoms with Gasteiger partial charge in [-0.25, -0.2) is 0 Å². The molecule has 7 nitrogen and oxygen atoms in total. The van der Waals surface area contributed by atoms with E-state index in [0.29, 0.717) is 36.3 Å². The lowest BCUT2D eigenvalue weighted by molar-refractivity contribution is -0.121. The van der Waals surface area contributed by atoms with Crippen LogP contribution in [-0.4, -0.2) is 46.7 Å². The summed E-state index contributed by atoms with van der Waals surface area (Å²) in [7, 11) is 0. The van der Waals surface area contributed by atoms with Crippen LogP contribution in [0.25, 0.3) is 0 Å². The molecule has 1 saturated heterocycles. The summed E-state index contributed by atoms with van der Waals surface area (Å²) < 4.78 is 0. The van der Waals surface area contributed by atoms with Crippen LogP contribution in [0.2, 0.25) is 0 Å². The summed E-state index contributed by atoms with van der Waals surface area (Å²) in [6, 6.07) is 10.2.